The number of halogens is 1. The topological polar surface area (TPSA) is 38.3 Å². The summed E-state index contributed by atoms with van der Waals surface area (Å²) in [5.41, 5.74) is 0.460. The number of hydrogen-bond acceptors (Lipinski definition) is 3. The minimum atomic E-state index is -0.372. The first kappa shape index (κ1) is 15.4. The molecule has 21 heavy (non-hydrogen) atoms. The SMILES string of the molecule is COc1ccc(SC(C)C(=O)Nc2cccc(F)c2)cc1. The van der Waals surface area contributed by atoms with Gasteiger partial charge in [-0.25, -0.2) is 4.39 Å². The lowest BCUT2D eigenvalue weighted by Crippen LogP contribution is -2.22. The molecule has 0 bridgehead atoms. The fourth-order valence-electron chi connectivity index (χ4n) is 1.72. The number of carbonyl (C=O) groups excluding carboxylic acids is 1. The van der Waals surface area contributed by atoms with Gasteiger partial charge in [-0.15, -0.1) is 11.8 Å². The van der Waals surface area contributed by atoms with Crippen LogP contribution < -0.4 is 10.1 Å². The molecule has 1 N–H and O–H groups in total. The lowest BCUT2D eigenvalue weighted by Gasteiger charge is -2.12. The number of rotatable bonds is 5. The van der Waals surface area contributed by atoms with Crippen LogP contribution in [0, 0.1) is 5.82 Å². The van der Waals surface area contributed by atoms with Gasteiger partial charge in [0.25, 0.3) is 0 Å². The van der Waals surface area contributed by atoms with Crippen LogP contribution in [0.4, 0.5) is 10.1 Å². The number of carbonyl (C=O) groups is 1. The molecule has 0 fully saturated rings. The standard InChI is InChI=1S/C16H16FNO2S/c1-11(21-15-8-6-14(20-2)7-9-15)16(19)18-13-5-3-4-12(17)10-13/h3-11H,1-2H3,(H,18,19). The van der Waals surface area contributed by atoms with E-state index in [0.717, 1.165) is 10.6 Å². The second kappa shape index (κ2) is 7.13. The molecule has 2 rings (SSSR count). The lowest BCUT2D eigenvalue weighted by atomic mass is 10.3. The van der Waals surface area contributed by atoms with Crippen molar-refractivity contribution in [1.82, 2.24) is 0 Å². The van der Waals surface area contributed by atoms with E-state index in [9.17, 15) is 9.18 Å². The van der Waals surface area contributed by atoms with Crippen molar-refractivity contribution < 1.29 is 13.9 Å². The van der Waals surface area contributed by atoms with Crippen LogP contribution in [0.2, 0.25) is 0 Å². The van der Waals surface area contributed by atoms with Crippen LogP contribution in [0.5, 0.6) is 5.75 Å². The Hall–Kier alpha value is -2.01. The van der Waals surface area contributed by atoms with Gasteiger partial charge in [0, 0.05) is 10.6 Å². The number of ether oxygens (including phenoxy) is 1. The summed E-state index contributed by atoms with van der Waals surface area (Å²) in [4.78, 5) is 13.0. The minimum absolute atomic E-state index is 0.165. The van der Waals surface area contributed by atoms with E-state index in [4.69, 9.17) is 4.74 Å². The molecule has 110 valence electrons. The number of hydrogen-bond donors (Lipinski definition) is 1. The molecule has 2 aromatic carbocycles. The number of nitrogens with one attached hydrogen (secondary N) is 1. The summed E-state index contributed by atoms with van der Waals surface area (Å²) >= 11 is 1.43. The van der Waals surface area contributed by atoms with E-state index in [0.29, 0.717) is 5.69 Å². The summed E-state index contributed by atoms with van der Waals surface area (Å²) in [6.45, 7) is 1.81. The highest BCUT2D eigenvalue weighted by atomic mass is 32.2. The van der Waals surface area contributed by atoms with Crippen molar-refractivity contribution in [1.29, 1.82) is 0 Å². The van der Waals surface area contributed by atoms with E-state index in [2.05, 4.69) is 5.32 Å². The maximum atomic E-state index is 13.1. The summed E-state index contributed by atoms with van der Waals surface area (Å²) < 4.78 is 18.2. The molecule has 0 aliphatic rings. The van der Waals surface area contributed by atoms with Gasteiger partial charge < -0.3 is 10.1 Å². The van der Waals surface area contributed by atoms with Crippen molar-refractivity contribution in [3.05, 3.63) is 54.3 Å². The van der Waals surface area contributed by atoms with Crippen LogP contribution in [0.3, 0.4) is 0 Å². The number of thioether (sulfide) groups is 1. The molecule has 5 heteroatoms. The van der Waals surface area contributed by atoms with Crippen molar-refractivity contribution in [2.24, 2.45) is 0 Å². The Bertz CT molecular complexity index is 616. The zero-order valence-electron chi connectivity index (χ0n) is 11.8. The molecule has 0 aliphatic carbocycles. The molecule has 0 aliphatic heterocycles. The first-order valence-corrected chi connectivity index (χ1v) is 7.33. The highest BCUT2D eigenvalue weighted by Crippen LogP contribution is 2.26. The molecule has 1 unspecified atom stereocenters. The Morgan fingerprint density at radius 3 is 2.57 bits per heavy atom. The van der Waals surface area contributed by atoms with Crippen LogP contribution in [-0.2, 0) is 4.79 Å². The van der Waals surface area contributed by atoms with E-state index < -0.39 is 0 Å². The largest absolute Gasteiger partial charge is 0.497 e. The molecule has 3 nitrogen and oxygen atoms in total. The van der Waals surface area contributed by atoms with Crippen molar-refractivity contribution in [3.8, 4) is 5.75 Å². The van der Waals surface area contributed by atoms with Crippen LogP contribution in [0.15, 0.2) is 53.4 Å². The summed E-state index contributed by atoms with van der Waals surface area (Å²) in [6, 6.07) is 13.3. The molecule has 1 atom stereocenters. The molecule has 1 amide bonds. The first-order valence-electron chi connectivity index (χ1n) is 6.45. The zero-order chi connectivity index (χ0) is 15.2. The molecule has 0 saturated carbocycles. The second-order valence-corrected chi connectivity index (χ2v) is 5.85. The molecule has 2 aromatic rings. The van der Waals surface area contributed by atoms with Crippen LogP contribution in [-0.4, -0.2) is 18.3 Å². The third-order valence-electron chi connectivity index (χ3n) is 2.83. The Labute approximate surface area is 127 Å². The molecule has 0 radical (unpaired) electrons. The molecule has 0 spiro atoms. The lowest BCUT2D eigenvalue weighted by molar-refractivity contribution is -0.115. The smallest absolute Gasteiger partial charge is 0.237 e. The molecular formula is C16H16FNO2S. The molecule has 0 saturated heterocycles. The Morgan fingerprint density at radius 2 is 1.95 bits per heavy atom. The maximum Gasteiger partial charge on any atom is 0.237 e. The van der Waals surface area contributed by atoms with Gasteiger partial charge in [-0.1, -0.05) is 6.07 Å². The summed E-state index contributed by atoms with van der Waals surface area (Å²) in [7, 11) is 1.61. The van der Waals surface area contributed by atoms with Gasteiger partial charge >= 0.3 is 0 Å². The zero-order valence-corrected chi connectivity index (χ0v) is 12.6. The third kappa shape index (κ3) is 4.49. The first-order chi connectivity index (χ1) is 10.1. The van der Waals surface area contributed by atoms with Gasteiger partial charge in [-0.3, -0.25) is 4.79 Å². The van der Waals surface area contributed by atoms with Gasteiger partial charge in [0.05, 0.1) is 12.4 Å². The van der Waals surface area contributed by atoms with Crippen LogP contribution in [0.25, 0.3) is 0 Å². The number of benzene rings is 2. The maximum absolute atomic E-state index is 13.1. The predicted octanol–water partition coefficient (Wildman–Crippen LogP) is 3.95. The van der Waals surface area contributed by atoms with Gasteiger partial charge in [-0.2, -0.15) is 0 Å². The average molecular weight is 305 g/mol. The fourth-order valence-corrected chi connectivity index (χ4v) is 2.59. The Kier molecular flexibility index (Phi) is 5.22. The van der Waals surface area contributed by atoms with Crippen LogP contribution >= 0.6 is 11.8 Å². The molecule has 0 heterocycles. The fraction of sp³-hybridized carbons (Fsp3) is 0.188. The Balaban J connectivity index is 1.95. The number of anilines is 1. The number of amides is 1. The molecular weight excluding hydrogens is 289 g/mol. The highest BCUT2D eigenvalue weighted by molar-refractivity contribution is 8.00. The average Bonchev–Trinajstić information content (AvgIpc) is 2.48. The van der Waals surface area contributed by atoms with E-state index >= 15 is 0 Å². The highest BCUT2D eigenvalue weighted by Gasteiger charge is 2.14. The molecule has 0 aromatic heterocycles. The van der Waals surface area contributed by atoms with Crippen molar-refractivity contribution in [2.45, 2.75) is 17.1 Å². The minimum Gasteiger partial charge on any atom is -0.497 e. The summed E-state index contributed by atoms with van der Waals surface area (Å²) in [6.07, 6.45) is 0. The van der Waals surface area contributed by atoms with E-state index in [1.54, 1.807) is 19.2 Å². The normalized spacial score (nSPS) is 11.8. The third-order valence-corrected chi connectivity index (χ3v) is 3.95. The Morgan fingerprint density at radius 1 is 1.24 bits per heavy atom. The van der Waals surface area contributed by atoms with Gasteiger partial charge in [0.2, 0.25) is 5.91 Å². The number of methoxy groups -OCH3 is 1. The summed E-state index contributed by atoms with van der Waals surface area (Å²) in [5, 5.41) is 2.41. The predicted molar refractivity (Wildman–Crippen MR) is 83.3 cm³/mol. The van der Waals surface area contributed by atoms with Crippen molar-refractivity contribution >= 4 is 23.4 Å². The van der Waals surface area contributed by atoms with E-state index in [1.807, 2.05) is 31.2 Å². The van der Waals surface area contributed by atoms with Gasteiger partial charge in [0.15, 0.2) is 0 Å². The monoisotopic (exact) mass is 305 g/mol. The second-order valence-electron chi connectivity index (χ2n) is 4.44. The van der Waals surface area contributed by atoms with E-state index in [1.165, 1.54) is 23.9 Å². The van der Waals surface area contributed by atoms with Crippen LogP contribution in [0.1, 0.15) is 6.92 Å². The van der Waals surface area contributed by atoms with Crippen molar-refractivity contribution in [2.75, 3.05) is 12.4 Å². The van der Waals surface area contributed by atoms with E-state index in [-0.39, 0.29) is 17.0 Å². The quantitative estimate of drug-likeness (QED) is 0.850. The summed E-state index contributed by atoms with van der Waals surface area (Å²) in [5.74, 6) is 0.237. The van der Waals surface area contributed by atoms with Gasteiger partial charge in [-0.05, 0) is 49.4 Å². The van der Waals surface area contributed by atoms with Crippen molar-refractivity contribution in [3.63, 3.8) is 0 Å². The van der Waals surface area contributed by atoms with Gasteiger partial charge in [0.1, 0.15) is 11.6 Å².